The van der Waals surface area contributed by atoms with Gasteiger partial charge in [-0.3, -0.25) is 0 Å². The Kier molecular flexibility index (Phi) is 4.89. The number of aromatic nitrogens is 1. The second-order valence-corrected chi connectivity index (χ2v) is 7.47. The van der Waals surface area contributed by atoms with Gasteiger partial charge in [0, 0.05) is 37.8 Å². The highest BCUT2D eigenvalue weighted by Crippen LogP contribution is 2.25. The molecule has 2 rings (SSSR count). The summed E-state index contributed by atoms with van der Waals surface area (Å²) in [4.78, 5) is 9.57. The largest absolute Gasteiger partial charge is 0.359 e. The number of anilines is 1. The van der Waals surface area contributed by atoms with Crippen LogP contribution in [0.4, 0.5) is 5.82 Å². The lowest BCUT2D eigenvalue weighted by molar-refractivity contribution is 0.395. The van der Waals surface area contributed by atoms with E-state index in [0.29, 0.717) is 6.54 Å². The fourth-order valence-electron chi connectivity index (χ4n) is 2.92. The summed E-state index contributed by atoms with van der Waals surface area (Å²) >= 11 is 0. The van der Waals surface area contributed by atoms with Crippen molar-refractivity contribution in [2.24, 2.45) is 11.7 Å². The van der Waals surface area contributed by atoms with E-state index < -0.39 is 0 Å². The lowest BCUT2D eigenvalue weighted by atomic mass is 9.90. The van der Waals surface area contributed by atoms with Gasteiger partial charge < -0.3 is 15.5 Å². The maximum Gasteiger partial charge on any atom is 0.128 e. The Labute approximate surface area is 129 Å². The summed E-state index contributed by atoms with van der Waals surface area (Å²) in [6.45, 7) is 10.6. The number of nitrogens with zero attached hydrogens (tertiary/aromatic N) is 3. The first-order valence-corrected chi connectivity index (χ1v) is 7.91. The van der Waals surface area contributed by atoms with E-state index in [0.717, 1.165) is 24.0 Å². The van der Waals surface area contributed by atoms with Crippen molar-refractivity contribution < 1.29 is 0 Å². The number of rotatable bonds is 4. The molecule has 0 aliphatic carbocycles. The highest BCUT2D eigenvalue weighted by molar-refractivity contribution is 5.43. The second-order valence-electron chi connectivity index (χ2n) is 7.47. The fourth-order valence-corrected chi connectivity index (χ4v) is 2.92. The van der Waals surface area contributed by atoms with Gasteiger partial charge in [-0.05, 0) is 43.6 Å². The van der Waals surface area contributed by atoms with E-state index in [1.807, 2.05) is 0 Å². The van der Waals surface area contributed by atoms with Crippen LogP contribution in [0.1, 0.15) is 38.4 Å². The van der Waals surface area contributed by atoms with Crippen LogP contribution in [0, 0.1) is 5.92 Å². The third kappa shape index (κ3) is 4.17. The van der Waals surface area contributed by atoms with Gasteiger partial charge in [-0.15, -0.1) is 0 Å². The van der Waals surface area contributed by atoms with Crippen molar-refractivity contribution in [1.82, 2.24) is 9.88 Å². The Bertz CT molecular complexity index is 478. The lowest BCUT2D eigenvalue weighted by Crippen LogP contribution is -2.29. The van der Waals surface area contributed by atoms with Crippen LogP contribution in [0.15, 0.2) is 12.1 Å². The van der Waals surface area contributed by atoms with Crippen LogP contribution in [0.25, 0.3) is 0 Å². The number of likely N-dealkylation sites (tertiary alicyclic amines) is 1. The fraction of sp³-hybridized carbons (Fsp3) is 0.706. The third-order valence-corrected chi connectivity index (χ3v) is 4.29. The Morgan fingerprint density at radius 1 is 1.38 bits per heavy atom. The molecule has 21 heavy (non-hydrogen) atoms. The number of nitrogens with two attached hydrogens (primary N) is 1. The predicted octanol–water partition coefficient (Wildman–Crippen LogP) is 2.23. The molecule has 0 radical (unpaired) electrons. The average Bonchev–Trinajstić information content (AvgIpc) is 2.82. The molecule has 118 valence electrons. The Balaban J connectivity index is 2.17. The van der Waals surface area contributed by atoms with Crippen LogP contribution in [-0.2, 0) is 12.0 Å². The standard InChI is InChI=1S/C17H30N4/c1-17(2,3)15-8-14(10-18)9-16(19-15)21(5)12-13-6-7-20(4)11-13/h8-9,13H,6-7,10-12,18H2,1-5H3. The summed E-state index contributed by atoms with van der Waals surface area (Å²) in [6.07, 6.45) is 1.28. The molecule has 0 spiro atoms. The molecule has 2 heterocycles. The highest BCUT2D eigenvalue weighted by Gasteiger charge is 2.22. The van der Waals surface area contributed by atoms with E-state index >= 15 is 0 Å². The van der Waals surface area contributed by atoms with Gasteiger partial charge in [0.2, 0.25) is 0 Å². The van der Waals surface area contributed by atoms with Crippen LogP contribution in [0.3, 0.4) is 0 Å². The summed E-state index contributed by atoms with van der Waals surface area (Å²) in [7, 11) is 4.35. The van der Waals surface area contributed by atoms with Gasteiger partial charge in [-0.1, -0.05) is 20.8 Å². The smallest absolute Gasteiger partial charge is 0.128 e. The molecule has 1 aliphatic rings. The zero-order valence-electron chi connectivity index (χ0n) is 14.2. The molecule has 1 aromatic rings. The summed E-state index contributed by atoms with van der Waals surface area (Å²) < 4.78 is 0. The van der Waals surface area contributed by atoms with Crippen molar-refractivity contribution >= 4 is 5.82 Å². The highest BCUT2D eigenvalue weighted by atomic mass is 15.2. The summed E-state index contributed by atoms with van der Waals surface area (Å²) in [5.74, 6) is 1.79. The van der Waals surface area contributed by atoms with E-state index in [-0.39, 0.29) is 5.41 Å². The van der Waals surface area contributed by atoms with Crippen molar-refractivity contribution in [3.05, 3.63) is 23.4 Å². The van der Waals surface area contributed by atoms with Crippen LogP contribution >= 0.6 is 0 Å². The van der Waals surface area contributed by atoms with Crippen molar-refractivity contribution in [1.29, 1.82) is 0 Å². The molecule has 1 saturated heterocycles. The zero-order chi connectivity index (χ0) is 15.6. The van der Waals surface area contributed by atoms with Gasteiger partial charge >= 0.3 is 0 Å². The molecular weight excluding hydrogens is 260 g/mol. The molecule has 1 aromatic heterocycles. The molecule has 2 N–H and O–H groups in total. The summed E-state index contributed by atoms with van der Waals surface area (Å²) in [5.41, 5.74) is 8.20. The molecule has 0 amide bonds. The average molecular weight is 290 g/mol. The minimum Gasteiger partial charge on any atom is -0.359 e. The van der Waals surface area contributed by atoms with Crippen molar-refractivity contribution in [2.75, 3.05) is 38.6 Å². The molecule has 0 aromatic carbocycles. The molecule has 0 saturated carbocycles. The minimum atomic E-state index is 0.0499. The van der Waals surface area contributed by atoms with Crippen LogP contribution in [0.5, 0.6) is 0 Å². The van der Waals surface area contributed by atoms with E-state index in [1.54, 1.807) is 0 Å². The maximum absolute atomic E-state index is 5.86. The van der Waals surface area contributed by atoms with Crippen LogP contribution < -0.4 is 10.6 Å². The lowest BCUT2D eigenvalue weighted by Gasteiger charge is -2.26. The number of hydrogen-bond acceptors (Lipinski definition) is 4. The summed E-state index contributed by atoms with van der Waals surface area (Å²) in [6, 6.07) is 4.27. The molecule has 1 atom stereocenters. The molecular formula is C17H30N4. The quantitative estimate of drug-likeness (QED) is 0.923. The van der Waals surface area contributed by atoms with Gasteiger partial charge in [0.05, 0.1) is 0 Å². The van der Waals surface area contributed by atoms with Gasteiger partial charge in [0.15, 0.2) is 0 Å². The first kappa shape index (κ1) is 16.2. The first-order valence-electron chi connectivity index (χ1n) is 7.91. The Morgan fingerprint density at radius 3 is 2.62 bits per heavy atom. The topological polar surface area (TPSA) is 45.4 Å². The van der Waals surface area contributed by atoms with Gasteiger partial charge in [0.1, 0.15) is 5.82 Å². The van der Waals surface area contributed by atoms with E-state index in [2.05, 4.69) is 56.8 Å². The Hall–Kier alpha value is -1.13. The molecule has 1 aliphatic heterocycles. The van der Waals surface area contributed by atoms with Gasteiger partial charge in [-0.2, -0.15) is 0 Å². The van der Waals surface area contributed by atoms with Crippen molar-refractivity contribution in [3.63, 3.8) is 0 Å². The Morgan fingerprint density at radius 2 is 2.10 bits per heavy atom. The predicted molar refractivity (Wildman–Crippen MR) is 89.7 cm³/mol. The molecule has 0 bridgehead atoms. The molecule has 4 nitrogen and oxygen atoms in total. The third-order valence-electron chi connectivity index (χ3n) is 4.29. The van der Waals surface area contributed by atoms with E-state index in [4.69, 9.17) is 10.7 Å². The monoisotopic (exact) mass is 290 g/mol. The second kappa shape index (κ2) is 6.32. The van der Waals surface area contributed by atoms with Gasteiger partial charge in [0.25, 0.3) is 0 Å². The molecule has 1 fully saturated rings. The van der Waals surface area contributed by atoms with Crippen LogP contribution in [0.2, 0.25) is 0 Å². The number of hydrogen-bond donors (Lipinski definition) is 1. The SMILES string of the molecule is CN1CCC(CN(C)c2cc(CN)cc(C(C)(C)C)n2)C1. The molecule has 1 unspecified atom stereocenters. The summed E-state index contributed by atoms with van der Waals surface area (Å²) in [5, 5.41) is 0. The minimum absolute atomic E-state index is 0.0499. The van der Waals surface area contributed by atoms with E-state index in [1.165, 1.54) is 25.1 Å². The van der Waals surface area contributed by atoms with Crippen molar-refractivity contribution in [2.45, 2.75) is 39.2 Å². The zero-order valence-corrected chi connectivity index (χ0v) is 14.2. The van der Waals surface area contributed by atoms with E-state index in [9.17, 15) is 0 Å². The normalized spacial score (nSPS) is 20.0. The molecule has 4 heteroatoms. The number of pyridine rings is 1. The first-order chi connectivity index (χ1) is 9.79. The maximum atomic E-state index is 5.86. The van der Waals surface area contributed by atoms with Crippen LogP contribution in [-0.4, -0.2) is 43.6 Å². The van der Waals surface area contributed by atoms with Crippen molar-refractivity contribution in [3.8, 4) is 0 Å². The van der Waals surface area contributed by atoms with Gasteiger partial charge in [-0.25, -0.2) is 4.98 Å².